The molecule has 148 valence electrons. The van der Waals surface area contributed by atoms with Crippen molar-refractivity contribution < 1.29 is 9.59 Å². The smallest absolute Gasteiger partial charge is 0.252 e. The van der Waals surface area contributed by atoms with Crippen LogP contribution in [0.25, 0.3) is 0 Å². The van der Waals surface area contributed by atoms with E-state index in [9.17, 15) is 9.59 Å². The molecule has 5 nitrogen and oxygen atoms in total. The number of hydrogen-bond acceptors (Lipinski definition) is 3. The Kier molecular flexibility index (Phi) is 7.04. The summed E-state index contributed by atoms with van der Waals surface area (Å²) in [6.45, 7) is 2.24. The normalized spacial score (nSPS) is 15.4. The number of aromatic nitrogens is 1. The largest absolute Gasteiger partial charge is 0.351 e. The predicted octanol–water partition coefficient (Wildman–Crippen LogP) is 4.14. The highest BCUT2D eigenvalue weighted by Crippen LogP contribution is 2.19. The van der Waals surface area contributed by atoms with Crippen molar-refractivity contribution in [2.75, 3.05) is 6.54 Å². The second-order valence-electron chi connectivity index (χ2n) is 7.23. The molecule has 1 aromatic carbocycles. The monoisotopic (exact) mass is 399 g/mol. The average Bonchev–Trinajstić information content (AvgIpc) is 2.69. The molecule has 0 aliphatic heterocycles. The van der Waals surface area contributed by atoms with Gasteiger partial charge in [0.1, 0.15) is 5.49 Å². The lowest BCUT2D eigenvalue weighted by Gasteiger charge is -2.18. The number of carbonyl (C=O) groups is 2. The van der Waals surface area contributed by atoms with E-state index < -0.39 is 0 Å². The first-order valence-electron chi connectivity index (χ1n) is 9.83. The molecule has 1 fully saturated rings. The standard InChI is InChI=1S/C22H26ClN3O2/c1-16-12-14-26(20(15-16)25-17-7-3-2-4-8-17)21(27)11-13-24-22(28)18-9-5-6-10-19(18)23/h5-6,9-10,12,14-15,17H,2-4,7-8,11,13H2,1H3,(H,24,28). The van der Waals surface area contributed by atoms with Gasteiger partial charge < -0.3 is 5.32 Å². The maximum atomic E-state index is 12.7. The van der Waals surface area contributed by atoms with Gasteiger partial charge in [0.15, 0.2) is 0 Å². The summed E-state index contributed by atoms with van der Waals surface area (Å²) in [5, 5.41) is 3.16. The first kappa shape index (κ1) is 20.3. The van der Waals surface area contributed by atoms with Crippen molar-refractivity contribution in [3.63, 3.8) is 0 Å². The zero-order valence-corrected chi connectivity index (χ0v) is 16.9. The van der Waals surface area contributed by atoms with Crippen LogP contribution in [-0.4, -0.2) is 29.0 Å². The zero-order chi connectivity index (χ0) is 19.9. The van der Waals surface area contributed by atoms with Crippen LogP contribution in [0.4, 0.5) is 0 Å². The van der Waals surface area contributed by atoms with Gasteiger partial charge in [-0.15, -0.1) is 0 Å². The van der Waals surface area contributed by atoms with E-state index >= 15 is 0 Å². The van der Waals surface area contributed by atoms with E-state index in [0.717, 1.165) is 18.4 Å². The second-order valence-corrected chi connectivity index (χ2v) is 7.64. The Morgan fingerprint density at radius 3 is 2.68 bits per heavy atom. The van der Waals surface area contributed by atoms with Crippen LogP contribution in [-0.2, 0) is 0 Å². The van der Waals surface area contributed by atoms with Gasteiger partial charge in [0.05, 0.1) is 16.6 Å². The van der Waals surface area contributed by atoms with Crippen LogP contribution in [0.3, 0.4) is 0 Å². The highest BCUT2D eigenvalue weighted by atomic mass is 35.5. The number of benzene rings is 1. The van der Waals surface area contributed by atoms with E-state index in [2.05, 4.69) is 5.32 Å². The van der Waals surface area contributed by atoms with Gasteiger partial charge in [0.2, 0.25) is 5.91 Å². The third-order valence-electron chi connectivity index (χ3n) is 4.99. The summed E-state index contributed by atoms with van der Waals surface area (Å²) in [4.78, 5) is 29.8. The lowest BCUT2D eigenvalue weighted by atomic mass is 9.96. The summed E-state index contributed by atoms with van der Waals surface area (Å²) in [6, 6.07) is 11.0. The van der Waals surface area contributed by atoms with Crippen LogP contribution in [0, 0.1) is 6.92 Å². The van der Waals surface area contributed by atoms with Gasteiger partial charge >= 0.3 is 0 Å². The van der Waals surface area contributed by atoms with Crippen LogP contribution in [0.2, 0.25) is 5.02 Å². The van der Waals surface area contributed by atoms with Crippen molar-refractivity contribution in [2.24, 2.45) is 4.99 Å². The molecule has 0 bridgehead atoms. The van der Waals surface area contributed by atoms with Gasteiger partial charge in [-0.2, -0.15) is 0 Å². The molecule has 1 aliphatic carbocycles. The number of pyridine rings is 1. The summed E-state index contributed by atoms with van der Waals surface area (Å²) < 4.78 is 1.60. The number of amides is 1. The Hall–Kier alpha value is -2.40. The molecule has 2 aromatic rings. The highest BCUT2D eigenvalue weighted by molar-refractivity contribution is 6.33. The number of nitrogens with one attached hydrogen (secondary N) is 1. The summed E-state index contributed by atoms with van der Waals surface area (Å²) >= 11 is 6.04. The first-order valence-corrected chi connectivity index (χ1v) is 10.2. The summed E-state index contributed by atoms with van der Waals surface area (Å²) in [7, 11) is 0. The maximum absolute atomic E-state index is 12.7. The number of carbonyl (C=O) groups excluding carboxylic acids is 2. The topological polar surface area (TPSA) is 63.5 Å². The molecular formula is C22H26ClN3O2. The van der Waals surface area contributed by atoms with E-state index in [1.807, 2.05) is 19.1 Å². The second kappa shape index (κ2) is 9.69. The third-order valence-corrected chi connectivity index (χ3v) is 5.32. The minimum atomic E-state index is -0.278. The van der Waals surface area contributed by atoms with Crippen molar-refractivity contribution in [1.29, 1.82) is 0 Å². The Balaban J connectivity index is 1.66. The molecule has 0 spiro atoms. The lowest BCUT2D eigenvalue weighted by Crippen LogP contribution is -2.32. The fraction of sp³-hybridized carbons (Fsp3) is 0.409. The molecule has 1 saturated carbocycles. The predicted molar refractivity (Wildman–Crippen MR) is 111 cm³/mol. The number of rotatable bonds is 5. The molecule has 0 saturated heterocycles. The van der Waals surface area contributed by atoms with Crippen molar-refractivity contribution in [1.82, 2.24) is 9.88 Å². The zero-order valence-electron chi connectivity index (χ0n) is 16.2. The Bertz CT molecular complexity index is 914. The molecule has 1 heterocycles. The average molecular weight is 400 g/mol. The summed E-state index contributed by atoms with van der Waals surface area (Å²) in [5.41, 5.74) is 2.19. The van der Waals surface area contributed by atoms with Crippen LogP contribution in [0.5, 0.6) is 0 Å². The van der Waals surface area contributed by atoms with E-state index in [4.69, 9.17) is 16.6 Å². The third kappa shape index (κ3) is 5.32. The molecule has 0 unspecified atom stereocenters. The summed E-state index contributed by atoms with van der Waals surface area (Å²) in [6.07, 6.45) is 7.78. The van der Waals surface area contributed by atoms with Crippen molar-refractivity contribution in [3.05, 3.63) is 64.2 Å². The van der Waals surface area contributed by atoms with E-state index in [1.54, 1.807) is 35.0 Å². The van der Waals surface area contributed by atoms with Crippen LogP contribution in [0.1, 0.15) is 59.2 Å². The van der Waals surface area contributed by atoms with Crippen LogP contribution >= 0.6 is 11.6 Å². The number of aryl methyl sites for hydroxylation is 1. The SMILES string of the molecule is Cc1ccn(C(=O)CCNC(=O)c2ccccc2Cl)c(=NC2CCCCC2)c1. The maximum Gasteiger partial charge on any atom is 0.252 e. The van der Waals surface area contributed by atoms with Gasteiger partial charge in [-0.3, -0.25) is 19.1 Å². The van der Waals surface area contributed by atoms with Crippen LogP contribution < -0.4 is 10.8 Å². The first-order chi connectivity index (χ1) is 13.5. The molecule has 1 aromatic heterocycles. The van der Waals surface area contributed by atoms with Gasteiger partial charge in [-0.1, -0.05) is 43.0 Å². The summed E-state index contributed by atoms with van der Waals surface area (Å²) in [5.74, 6) is -0.367. The van der Waals surface area contributed by atoms with Crippen molar-refractivity contribution >= 4 is 23.4 Å². The van der Waals surface area contributed by atoms with Crippen molar-refractivity contribution in [2.45, 2.75) is 51.5 Å². The molecule has 3 rings (SSSR count). The molecule has 1 aliphatic rings. The molecule has 0 radical (unpaired) electrons. The Morgan fingerprint density at radius 1 is 1.18 bits per heavy atom. The van der Waals surface area contributed by atoms with Gasteiger partial charge in [0.25, 0.3) is 5.91 Å². The fourth-order valence-electron chi connectivity index (χ4n) is 3.44. The molecule has 1 N–H and O–H groups in total. The lowest BCUT2D eigenvalue weighted by molar-refractivity contribution is 0.0888. The Morgan fingerprint density at radius 2 is 1.93 bits per heavy atom. The number of nitrogens with zero attached hydrogens (tertiary/aromatic N) is 2. The minimum Gasteiger partial charge on any atom is -0.351 e. The fourth-order valence-corrected chi connectivity index (χ4v) is 3.66. The van der Waals surface area contributed by atoms with E-state index in [0.29, 0.717) is 16.1 Å². The molecule has 28 heavy (non-hydrogen) atoms. The van der Waals surface area contributed by atoms with Gasteiger partial charge in [-0.25, -0.2) is 0 Å². The van der Waals surface area contributed by atoms with E-state index in [1.165, 1.54) is 19.3 Å². The molecule has 0 atom stereocenters. The van der Waals surface area contributed by atoms with Gasteiger partial charge in [-0.05, 0) is 49.6 Å². The van der Waals surface area contributed by atoms with E-state index in [-0.39, 0.29) is 30.8 Å². The number of halogens is 1. The van der Waals surface area contributed by atoms with Crippen molar-refractivity contribution in [3.8, 4) is 0 Å². The quantitative estimate of drug-likeness (QED) is 0.821. The van der Waals surface area contributed by atoms with Gasteiger partial charge in [0, 0.05) is 19.2 Å². The van der Waals surface area contributed by atoms with Crippen LogP contribution in [0.15, 0.2) is 47.6 Å². The number of hydrogen-bond donors (Lipinski definition) is 1. The minimum absolute atomic E-state index is 0.0889. The Labute approximate surface area is 170 Å². The molecular weight excluding hydrogens is 374 g/mol. The highest BCUT2D eigenvalue weighted by Gasteiger charge is 2.14. The molecule has 1 amide bonds. The molecule has 6 heteroatoms.